The number of halogens is 3. The van der Waals surface area contributed by atoms with Crippen molar-refractivity contribution in [3.8, 4) is 0 Å². The van der Waals surface area contributed by atoms with Crippen molar-refractivity contribution in [2.45, 2.75) is 26.9 Å². The molecule has 3 heterocycles. The Balaban J connectivity index is 1.34. The molecule has 0 spiro atoms. The number of hydrogen-bond acceptors (Lipinski definition) is 4. The average molecular weight is 481 g/mol. The van der Waals surface area contributed by atoms with Crippen LogP contribution in [0.5, 0.6) is 0 Å². The SMILES string of the molecule is Cc1nn(Cc2csc(C(=O)N3CCN(Cc4ccc(F)cc4Cl)CC3)c2)c(C)c1Cl. The third-order valence-electron chi connectivity index (χ3n) is 5.56. The summed E-state index contributed by atoms with van der Waals surface area (Å²) in [6, 6.07) is 6.43. The maximum atomic E-state index is 13.2. The van der Waals surface area contributed by atoms with E-state index in [0.29, 0.717) is 36.2 Å². The third-order valence-corrected chi connectivity index (χ3v) is 7.42. The first-order valence-corrected chi connectivity index (χ1v) is 11.7. The van der Waals surface area contributed by atoms with Crippen molar-refractivity contribution in [1.82, 2.24) is 19.6 Å². The predicted molar refractivity (Wildman–Crippen MR) is 123 cm³/mol. The largest absolute Gasteiger partial charge is 0.335 e. The zero-order valence-electron chi connectivity index (χ0n) is 17.4. The van der Waals surface area contributed by atoms with E-state index in [0.717, 1.165) is 40.5 Å². The molecule has 0 radical (unpaired) electrons. The van der Waals surface area contributed by atoms with Gasteiger partial charge >= 0.3 is 0 Å². The van der Waals surface area contributed by atoms with Crippen LogP contribution < -0.4 is 0 Å². The van der Waals surface area contributed by atoms with E-state index in [4.69, 9.17) is 23.2 Å². The van der Waals surface area contributed by atoms with Gasteiger partial charge in [-0.2, -0.15) is 5.10 Å². The van der Waals surface area contributed by atoms with E-state index in [1.165, 1.54) is 23.5 Å². The highest BCUT2D eigenvalue weighted by molar-refractivity contribution is 7.12. The van der Waals surface area contributed by atoms with Gasteiger partial charge in [0, 0.05) is 37.7 Å². The number of nitrogens with zero attached hydrogens (tertiary/aromatic N) is 4. The van der Waals surface area contributed by atoms with E-state index >= 15 is 0 Å². The number of piperazine rings is 1. The van der Waals surface area contributed by atoms with Gasteiger partial charge in [-0.15, -0.1) is 11.3 Å². The number of amides is 1. The highest BCUT2D eigenvalue weighted by Crippen LogP contribution is 2.24. The molecule has 2 aromatic heterocycles. The number of aromatic nitrogens is 2. The van der Waals surface area contributed by atoms with Crippen molar-refractivity contribution < 1.29 is 9.18 Å². The van der Waals surface area contributed by atoms with Gasteiger partial charge in [0.2, 0.25) is 0 Å². The Hall–Kier alpha value is -1.93. The zero-order valence-corrected chi connectivity index (χ0v) is 19.7. The summed E-state index contributed by atoms with van der Waals surface area (Å²) in [5.41, 5.74) is 3.68. The van der Waals surface area contributed by atoms with Gasteiger partial charge in [0.1, 0.15) is 5.82 Å². The number of thiophene rings is 1. The summed E-state index contributed by atoms with van der Waals surface area (Å²) < 4.78 is 15.1. The maximum absolute atomic E-state index is 13.2. The molecular weight excluding hydrogens is 458 g/mol. The Morgan fingerprint density at radius 2 is 1.87 bits per heavy atom. The molecule has 0 N–H and O–H groups in total. The molecular formula is C22H23Cl2FN4OS. The second-order valence-corrected chi connectivity index (χ2v) is 9.46. The van der Waals surface area contributed by atoms with Gasteiger partial charge in [-0.3, -0.25) is 14.4 Å². The molecule has 1 fully saturated rings. The molecule has 0 unspecified atom stereocenters. The maximum Gasteiger partial charge on any atom is 0.264 e. The Bertz CT molecular complexity index is 1110. The molecule has 0 saturated carbocycles. The van der Waals surface area contributed by atoms with Crippen molar-refractivity contribution in [3.05, 3.63) is 72.9 Å². The molecule has 0 atom stereocenters. The molecule has 0 bridgehead atoms. The van der Waals surface area contributed by atoms with E-state index in [2.05, 4.69) is 10.00 Å². The van der Waals surface area contributed by atoms with Gasteiger partial charge in [-0.1, -0.05) is 29.3 Å². The molecule has 3 aromatic rings. The van der Waals surface area contributed by atoms with Crippen LogP contribution in [0.3, 0.4) is 0 Å². The molecule has 1 aromatic carbocycles. The molecule has 164 valence electrons. The summed E-state index contributed by atoms with van der Waals surface area (Å²) in [5.74, 6) is -0.275. The monoisotopic (exact) mass is 480 g/mol. The first-order valence-electron chi connectivity index (χ1n) is 10.0. The highest BCUT2D eigenvalue weighted by Gasteiger charge is 2.24. The van der Waals surface area contributed by atoms with E-state index in [1.807, 2.05) is 34.9 Å². The topological polar surface area (TPSA) is 41.4 Å². The minimum atomic E-state index is -0.333. The lowest BCUT2D eigenvalue weighted by Gasteiger charge is -2.34. The Labute approximate surface area is 195 Å². The van der Waals surface area contributed by atoms with Crippen molar-refractivity contribution in [2.24, 2.45) is 0 Å². The number of carbonyl (C=O) groups excluding carboxylic acids is 1. The first kappa shape index (κ1) is 22.3. The van der Waals surface area contributed by atoms with Crippen LogP contribution in [0.2, 0.25) is 10.0 Å². The Kier molecular flexibility index (Phi) is 6.67. The highest BCUT2D eigenvalue weighted by atomic mass is 35.5. The number of hydrogen-bond donors (Lipinski definition) is 0. The van der Waals surface area contributed by atoms with Crippen LogP contribution in [-0.2, 0) is 13.1 Å². The molecule has 9 heteroatoms. The number of rotatable bonds is 5. The fourth-order valence-corrected chi connectivity index (χ4v) is 4.96. The molecule has 31 heavy (non-hydrogen) atoms. The summed E-state index contributed by atoms with van der Waals surface area (Å²) in [6.45, 7) is 7.88. The van der Waals surface area contributed by atoms with E-state index < -0.39 is 0 Å². The van der Waals surface area contributed by atoms with Gasteiger partial charge in [-0.05, 0) is 48.6 Å². The lowest BCUT2D eigenvalue weighted by molar-refractivity contribution is 0.0633. The molecule has 5 nitrogen and oxygen atoms in total. The van der Waals surface area contributed by atoms with Crippen LogP contribution in [0.15, 0.2) is 29.6 Å². The molecule has 1 aliphatic heterocycles. The van der Waals surface area contributed by atoms with Gasteiger partial charge < -0.3 is 4.90 Å². The summed E-state index contributed by atoms with van der Waals surface area (Å²) in [7, 11) is 0. The quantitative estimate of drug-likeness (QED) is 0.515. The minimum absolute atomic E-state index is 0.0575. The average Bonchev–Trinajstić information content (AvgIpc) is 3.31. The Morgan fingerprint density at radius 1 is 1.13 bits per heavy atom. The summed E-state index contributed by atoms with van der Waals surface area (Å²) in [5, 5.41) is 7.59. The van der Waals surface area contributed by atoms with Crippen molar-refractivity contribution in [2.75, 3.05) is 26.2 Å². The van der Waals surface area contributed by atoms with Crippen LogP contribution in [-0.4, -0.2) is 51.7 Å². The summed E-state index contributed by atoms with van der Waals surface area (Å²) >= 11 is 13.8. The van der Waals surface area contributed by atoms with Crippen LogP contribution in [0.4, 0.5) is 4.39 Å². The molecule has 4 rings (SSSR count). The van der Waals surface area contributed by atoms with Crippen molar-refractivity contribution >= 4 is 40.4 Å². The van der Waals surface area contributed by atoms with Crippen LogP contribution in [0, 0.1) is 19.7 Å². The summed E-state index contributed by atoms with van der Waals surface area (Å²) in [4.78, 5) is 17.8. The second kappa shape index (κ2) is 9.28. The third kappa shape index (κ3) is 4.95. The smallest absolute Gasteiger partial charge is 0.264 e. The second-order valence-electron chi connectivity index (χ2n) is 7.77. The van der Waals surface area contributed by atoms with Gasteiger partial charge in [0.15, 0.2) is 0 Å². The van der Waals surface area contributed by atoms with Crippen LogP contribution >= 0.6 is 34.5 Å². The Morgan fingerprint density at radius 3 is 2.52 bits per heavy atom. The fourth-order valence-electron chi connectivity index (χ4n) is 3.73. The van der Waals surface area contributed by atoms with Crippen molar-refractivity contribution in [1.29, 1.82) is 0 Å². The fraction of sp³-hybridized carbons (Fsp3) is 0.364. The molecule has 0 aliphatic carbocycles. The van der Waals surface area contributed by atoms with Gasteiger partial charge in [-0.25, -0.2) is 4.39 Å². The minimum Gasteiger partial charge on any atom is -0.335 e. The van der Waals surface area contributed by atoms with E-state index in [9.17, 15) is 9.18 Å². The first-order chi connectivity index (χ1) is 14.8. The lowest BCUT2D eigenvalue weighted by atomic mass is 10.2. The van der Waals surface area contributed by atoms with Crippen LogP contribution in [0.25, 0.3) is 0 Å². The number of carbonyl (C=O) groups is 1. The zero-order chi connectivity index (χ0) is 22.1. The van der Waals surface area contributed by atoms with Gasteiger partial charge in [0.05, 0.1) is 27.8 Å². The lowest BCUT2D eigenvalue weighted by Crippen LogP contribution is -2.48. The van der Waals surface area contributed by atoms with E-state index in [1.54, 1.807) is 6.07 Å². The van der Waals surface area contributed by atoms with Crippen molar-refractivity contribution in [3.63, 3.8) is 0 Å². The molecule has 1 saturated heterocycles. The predicted octanol–water partition coefficient (Wildman–Crippen LogP) is 5.01. The molecule has 1 amide bonds. The van der Waals surface area contributed by atoms with E-state index in [-0.39, 0.29) is 11.7 Å². The van der Waals surface area contributed by atoms with Crippen LogP contribution in [0.1, 0.15) is 32.2 Å². The normalized spacial score (nSPS) is 14.9. The number of benzene rings is 1. The summed E-state index contributed by atoms with van der Waals surface area (Å²) in [6.07, 6.45) is 0. The van der Waals surface area contributed by atoms with Gasteiger partial charge in [0.25, 0.3) is 5.91 Å². The molecule has 1 aliphatic rings. The number of aryl methyl sites for hydroxylation is 1. The standard InChI is InChI=1S/C22H23Cl2FN4OS/c1-14-21(24)15(2)29(26-14)11-16-9-20(31-13-16)22(30)28-7-5-27(6-8-28)12-17-3-4-18(25)10-19(17)23/h3-4,9-10,13H,5-8,11-12H2,1-2H3.